The molecule has 0 radical (unpaired) electrons. The number of esters is 1. The quantitative estimate of drug-likeness (QED) is 0.425. The highest BCUT2D eigenvalue weighted by Crippen LogP contribution is 2.38. The standard InChI is InChI=1S/C22H15Cl2N3O6/c1-10(27-20(29)11-6-3-4-7-12(11)21(27)30)18(28)25-19-16(22(31)32-2)17(26-33-19)15-13(23)8-5-9-14(15)24/h3-10H,1-2H3,(H,25,28). The van der Waals surface area contributed by atoms with Crippen LogP contribution >= 0.6 is 23.2 Å². The predicted octanol–water partition coefficient (Wildman–Crippen LogP) is 4.06. The lowest BCUT2D eigenvalue weighted by Crippen LogP contribution is -2.45. The summed E-state index contributed by atoms with van der Waals surface area (Å²) in [5.74, 6) is -3.21. The third-order valence-electron chi connectivity index (χ3n) is 5.11. The number of fused-ring (bicyclic) bond motifs is 1. The number of imide groups is 1. The molecule has 0 saturated carbocycles. The van der Waals surface area contributed by atoms with E-state index in [-0.39, 0.29) is 43.9 Å². The maximum Gasteiger partial charge on any atom is 0.345 e. The van der Waals surface area contributed by atoms with Crippen LogP contribution in [0.1, 0.15) is 38.0 Å². The van der Waals surface area contributed by atoms with Gasteiger partial charge in [-0.05, 0) is 31.2 Å². The van der Waals surface area contributed by atoms with E-state index in [2.05, 4.69) is 10.5 Å². The first-order valence-electron chi connectivity index (χ1n) is 9.56. The summed E-state index contributed by atoms with van der Waals surface area (Å²) in [7, 11) is 1.14. The average molecular weight is 488 g/mol. The van der Waals surface area contributed by atoms with E-state index in [4.69, 9.17) is 32.5 Å². The number of hydrogen-bond donors (Lipinski definition) is 1. The van der Waals surface area contributed by atoms with Crippen LogP contribution in [0.4, 0.5) is 5.88 Å². The van der Waals surface area contributed by atoms with E-state index in [0.717, 1.165) is 12.0 Å². The fourth-order valence-electron chi connectivity index (χ4n) is 3.45. The number of carbonyl (C=O) groups is 4. The van der Waals surface area contributed by atoms with Gasteiger partial charge in [0.25, 0.3) is 11.8 Å². The summed E-state index contributed by atoms with van der Waals surface area (Å²) in [4.78, 5) is 51.6. The number of ether oxygens (including phenoxy) is 1. The van der Waals surface area contributed by atoms with Gasteiger partial charge in [0.05, 0.1) is 28.3 Å². The van der Waals surface area contributed by atoms with Crippen LogP contribution in [-0.4, -0.2) is 46.9 Å². The summed E-state index contributed by atoms with van der Waals surface area (Å²) in [6, 6.07) is 9.73. The summed E-state index contributed by atoms with van der Waals surface area (Å²) in [5.41, 5.74) is 0.343. The predicted molar refractivity (Wildman–Crippen MR) is 118 cm³/mol. The second kappa shape index (κ2) is 8.68. The molecule has 33 heavy (non-hydrogen) atoms. The van der Waals surface area contributed by atoms with Crippen molar-refractivity contribution in [3.8, 4) is 11.3 Å². The van der Waals surface area contributed by atoms with Crippen molar-refractivity contribution in [3.63, 3.8) is 0 Å². The van der Waals surface area contributed by atoms with E-state index in [0.29, 0.717) is 0 Å². The Balaban J connectivity index is 1.67. The maximum atomic E-state index is 12.9. The van der Waals surface area contributed by atoms with Gasteiger partial charge < -0.3 is 9.26 Å². The van der Waals surface area contributed by atoms with Gasteiger partial charge in [0.1, 0.15) is 11.7 Å². The van der Waals surface area contributed by atoms with Gasteiger partial charge in [-0.3, -0.25) is 24.6 Å². The van der Waals surface area contributed by atoms with Crippen molar-refractivity contribution in [1.29, 1.82) is 0 Å². The van der Waals surface area contributed by atoms with Crippen LogP contribution < -0.4 is 5.32 Å². The zero-order valence-corrected chi connectivity index (χ0v) is 18.7. The van der Waals surface area contributed by atoms with Gasteiger partial charge in [-0.2, -0.15) is 0 Å². The highest BCUT2D eigenvalue weighted by atomic mass is 35.5. The first-order chi connectivity index (χ1) is 15.8. The van der Waals surface area contributed by atoms with Crippen molar-refractivity contribution in [2.45, 2.75) is 13.0 Å². The van der Waals surface area contributed by atoms with Gasteiger partial charge in [0, 0.05) is 5.56 Å². The van der Waals surface area contributed by atoms with Crippen LogP contribution in [0, 0.1) is 0 Å². The number of carbonyl (C=O) groups excluding carboxylic acids is 4. The molecule has 1 unspecified atom stereocenters. The lowest BCUT2D eigenvalue weighted by Gasteiger charge is -2.21. The van der Waals surface area contributed by atoms with E-state index >= 15 is 0 Å². The first kappa shape index (κ1) is 22.5. The van der Waals surface area contributed by atoms with E-state index < -0.39 is 29.7 Å². The van der Waals surface area contributed by atoms with Gasteiger partial charge in [-0.1, -0.05) is 46.6 Å². The number of anilines is 1. The molecule has 168 valence electrons. The first-order valence-corrected chi connectivity index (χ1v) is 10.3. The van der Waals surface area contributed by atoms with Crippen LogP contribution in [0.15, 0.2) is 47.0 Å². The van der Waals surface area contributed by atoms with Gasteiger partial charge >= 0.3 is 5.97 Å². The van der Waals surface area contributed by atoms with E-state index in [9.17, 15) is 19.2 Å². The molecule has 2 aromatic carbocycles. The molecule has 2 heterocycles. The highest BCUT2D eigenvalue weighted by molar-refractivity contribution is 6.39. The van der Waals surface area contributed by atoms with Crippen molar-refractivity contribution in [2.24, 2.45) is 0 Å². The van der Waals surface area contributed by atoms with Crippen molar-refractivity contribution >= 4 is 52.8 Å². The Bertz CT molecular complexity index is 1260. The number of halogens is 2. The van der Waals surface area contributed by atoms with Crippen molar-refractivity contribution < 1.29 is 28.4 Å². The Morgan fingerprint density at radius 2 is 1.61 bits per heavy atom. The molecule has 0 fully saturated rings. The second-order valence-electron chi connectivity index (χ2n) is 7.01. The third-order valence-corrected chi connectivity index (χ3v) is 5.74. The molecular weight excluding hydrogens is 473 g/mol. The Kier molecular flexibility index (Phi) is 5.92. The Hall–Kier alpha value is -3.69. The highest BCUT2D eigenvalue weighted by Gasteiger charge is 2.41. The minimum absolute atomic E-state index is 0.0406. The van der Waals surface area contributed by atoms with Crippen LogP contribution in [-0.2, 0) is 9.53 Å². The minimum atomic E-state index is -1.22. The SMILES string of the molecule is COC(=O)c1c(-c2c(Cl)cccc2Cl)noc1NC(=O)C(C)N1C(=O)c2ccccc2C1=O. The number of benzene rings is 2. The molecule has 1 atom stereocenters. The van der Waals surface area contributed by atoms with Crippen LogP contribution in [0.25, 0.3) is 11.3 Å². The summed E-state index contributed by atoms with van der Waals surface area (Å²) in [5, 5.41) is 6.63. The third kappa shape index (κ3) is 3.75. The Morgan fingerprint density at radius 1 is 1.03 bits per heavy atom. The number of nitrogens with one attached hydrogen (secondary N) is 1. The Morgan fingerprint density at radius 3 is 2.15 bits per heavy atom. The fraction of sp³-hybridized carbons (Fsp3) is 0.136. The van der Waals surface area contributed by atoms with Crippen LogP contribution in [0.5, 0.6) is 0 Å². The summed E-state index contributed by atoms with van der Waals surface area (Å²) < 4.78 is 9.99. The molecule has 3 aromatic rings. The molecule has 1 aliphatic rings. The number of nitrogens with zero attached hydrogens (tertiary/aromatic N) is 2. The topological polar surface area (TPSA) is 119 Å². The molecule has 3 amide bonds. The summed E-state index contributed by atoms with van der Waals surface area (Å²) in [6.45, 7) is 1.37. The lowest BCUT2D eigenvalue weighted by molar-refractivity contribution is -0.119. The number of amides is 3. The largest absolute Gasteiger partial charge is 0.465 e. The maximum absolute atomic E-state index is 12.9. The van der Waals surface area contributed by atoms with Gasteiger partial charge in [-0.15, -0.1) is 0 Å². The van der Waals surface area contributed by atoms with E-state index in [1.165, 1.54) is 19.1 Å². The van der Waals surface area contributed by atoms with Gasteiger partial charge in [0.15, 0.2) is 5.56 Å². The fourth-order valence-corrected chi connectivity index (χ4v) is 4.03. The molecule has 0 saturated heterocycles. The minimum Gasteiger partial charge on any atom is -0.465 e. The molecule has 11 heteroatoms. The van der Waals surface area contributed by atoms with Crippen molar-refractivity contribution in [2.75, 3.05) is 12.4 Å². The zero-order valence-electron chi connectivity index (χ0n) is 17.2. The zero-order chi connectivity index (χ0) is 23.9. The number of aromatic nitrogens is 1. The van der Waals surface area contributed by atoms with Crippen molar-refractivity contribution in [3.05, 3.63) is 69.2 Å². The number of methoxy groups -OCH3 is 1. The van der Waals surface area contributed by atoms with Gasteiger partial charge in [-0.25, -0.2) is 4.79 Å². The average Bonchev–Trinajstić information content (AvgIpc) is 3.31. The summed E-state index contributed by atoms with van der Waals surface area (Å²) >= 11 is 12.4. The molecular formula is C22H15Cl2N3O6. The molecule has 4 rings (SSSR count). The second-order valence-corrected chi connectivity index (χ2v) is 7.83. The molecule has 0 aliphatic carbocycles. The monoisotopic (exact) mass is 487 g/mol. The molecule has 0 bridgehead atoms. The molecule has 9 nitrogen and oxygen atoms in total. The van der Waals surface area contributed by atoms with Gasteiger partial charge in [0.2, 0.25) is 11.8 Å². The molecule has 1 aromatic heterocycles. The molecule has 0 spiro atoms. The number of hydrogen-bond acceptors (Lipinski definition) is 7. The molecule has 1 N–H and O–H groups in total. The smallest absolute Gasteiger partial charge is 0.345 e. The summed E-state index contributed by atoms with van der Waals surface area (Å²) in [6.07, 6.45) is 0. The van der Waals surface area contributed by atoms with Crippen LogP contribution in [0.3, 0.4) is 0 Å². The lowest BCUT2D eigenvalue weighted by atomic mass is 10.1. The van der Waals surface area contributed by atoms with Crippen LogP contribution in [0.2, 0.25) is 10.0 Å². The Labute approximate surface area is 197 Å². The molecule has 1 aliphatic heterocycles. The normalized spacial score (nSPS) is 13.6. The van der Waals surface area contributed by atoms with Crippen molar-refractivity contribution in [1.82, 2.24) is 10.1 Å². The van der Waals surface area contributed by atoms with E-state index in [1.54, 1.807) is 30.3 Å². The van der Waals surface area contributed by atoms with E-state index in [1.807, 2.05) is 0 Å². The number of rotatable bonds is 5.